The summed E-state index contributed by atoms with van der Waals surface area (Å²) in [6, 6.07) is 16.0. The van der Waals surface area contributed by atoms with Gasteiger partial charge in [0.25, 0.3) is 0 Å². The summed E-state index contributed by atoms with van der Waals surface area (Å²) in [5, 5.41) is -1.69. The smallest absolute Gasteiger partial charge is 0.119 e. The highest BCUT2D eigenvalue weighted by atomic mass is 32.3. The van der Waals surface area contributed by atoms with E-state index < -0.39 is 32.3 Å². The van der Waals surface area contributed by atoms with E-state index in [9.17, 15) is 13.3 Å². The molecule has 2 aliphatic carbocycles. The molecule has 5 nitrogen and oxygen atoms in total. The zero-order chi connectivity index (χ0) is 27.8. The summed E-state index contributed by atoms with van der Waals surface area (Å²) in [5.74, 6) is 1.35. The molecule has 38 heavy (non-hydrogen) atoms. The van der Waals surface area contributed by atoms with Gasteiger partial charge in [-0.2, -0.15) is 0 Å². The molecule has 0 aliphatic heterocycles. The van der Waals surface area contributed by atoms with E-state index in [2.05, 4.69) is 65.8 Å². The predicted octanol–water partition coefficient (Wildman–Crippen LogP) is 8.13. The van der Waals surface area contributed by atoms with Crippen LogP contribution in [0.15, 0.2) is 48.5 Å². The first kappa shape index (κ1) is 29.1. The average molecular weight is 545 g/mol. The summed E-state index contributed by atoms with van der Waals surface area (Å²) in [5.41, 5.74) is 2.47. The van der Waals surface area contributed by atoms with Crippen molar-refractivity contribution in [3.63, 3.8) is 0 Å². The van der Waals surface area contributed by atoms with Crippen LogP contribution in [0.3, 0.4) is 0 Å². The highest BCUT2D eigenvalue weighted by molar-refractivity contribution is 8.11. The molecule has 212 valence electrons. The normalized spacial score (nSPS) is 26.3. The highest BCUT2D eigenvalue weighted by Gasteiger charge is 2.56. The Morgan fingerprint density at radius 3 is 1.24 bits per heavy atom. The van der Waals surface area contributed by atoms with E-state index in [0.717, 1.165) is 25.7 Å². The van der Waals surface area contributed by atoms with Crippen molar-refractivity contribution in [1.29, 1.82) is 0 Å². The van der Waals surface area contributed by atoms with Gasteiger partial charge in [0.15, 0.2) is 0 Å². The van der Waals surface area contributed by atoms with Crippen molar-refractivity contribution in [1.82, 2.24) is 0 Å². The fourth-order valence-corrected chi connectivity index (χ4v) is 9.24. The molecule has 0 saturated heterocycles. The second kappa shape index (κ2) is 10.6. The van der Waals surface area contributed by atoms with Gasteiger partial charge in [-0.05, 0) is 84.7 Å². The minimum atomic E-state index is -5.11. The van der Waals surface area contributed by atoms with Crippen LogP contribution in [0.1, 0.15) is 104 Å². The second-order valence-corrected chi connectivity index (χ2v) is 16.7. The lowest BCUT2D eigenvalue weighted by atomic mass is 9.87. The van der Waals surface area contributed by atoms with Gasteiger partial charge >= 0.3 is 0 Å². The molecule has 4 atom stereocenters. The minimum Gasteiger partial charge on any atom is -0.489 e. The first-order valence-corrected chi connectivity index (χ1v) is 16.3. The molecule has 4 rings (SSSR count). The Morgan fingerprint density at radius 1 is 0.605 bits per heavy atom. The Bertz CT molecular complexity index is 1050. The van der Waals surface area contributed by atoms with Crippen LogP contribution in [0.4, 0.5) is 0 Å². The van der Waals surface area contributed by atoms with E-state index in [1.807, 2.05) is 24.3 Å². The molecule has 2 fully saturated rings. The first-order chi connectivity index (χ1) is 17.6. The third-order valence-electron chi connectivity index (χ3n) is 8.44. The van der Waals surface area contributed by atoms with Crippen molar-refractivity contribution in [3.8, 4) is 11.5 Å². The Hall–Kier alpha value is -1.89. The Labute approximate surface area is 229 Å². The van der Waals surface area contributed by atoms with Crippen LogP contribution in [0.5, 0.6) is 11.5 Å². The van der Waals surface area contributed by atoms with Crippen LogP contribution in [-0.2, 0) is 20.5 Å². The van der Waals surface area contributed by atoms with Crippen LogP contribution in [0.2, 0.25) is 0 Å². The van der Waals surface area contributed by atoms with E-state index in [1.165, 1.54) is 11.1 Å². The number of benzene rings is 2. The third-order valence-corrected chi connectivity index (χ3v) is 11.8. The lowest BCUT2D eigenvalue weighted by Gasteiger charge is -2.51. The monoisotopic (exact) mass is 544 g/mol. The quantitative estimate of drug-likeness (QED) is 0.384. The molecule has 2 aromatic carbocycles. The van der Waals surface area contributed by atoms with Gasteiger partial charge in [-0.3, -0.25) is 0 Å². The van der Waals surface area contributed by atoms with Crippen molar-refractivity contribution in [2.45, 2.75) is 126 Å². The lowest BCUT2D eigenvalue weighted by Crippen LogP contribution is -2.63. The summed E-state index contributed by atoms with van der Waals surface area (Å²) < 4.78 is 50.7. The van der Waals surface area contributed by atoms with Crippen LogP contribution in [0, 0.1) is 0 Å². The van der Waals surface area contributed by atoms with Crippen molar-refractivity contribution < 1.29 is 22.8 Å². The molecule has 0 spiro atoms. The highest BCUT2D eigenvalue weighted by Crippen LogP contribution is 2.45. The zero-order valence-electron chi connectivity index (χ0n) is 24.1. The summed E-state index contributed by atoms with van der Waals surface area (Å²) in [7, 11) is -5.11. The summed E-state index contributed by atoms with van der Waals surface area (Å²) in [6.45, 7) is 13.0. The average Bonchev–Trinajstić information content (AvgIpc) is 2.84. The summed E-state index contributed by atoms with van der Waals surface area (Å²) in [6.07, 6.45) is 4.61. The van der Waals surface area contributed by atoms with E-state index in [0.29, 0.717) is 37.2 Å². The van der Waals surface area contributed by atoms with Gasteiger partial charge in [-0.15, -0.1) is 0 Å². The van der Waals surface area contributed by atoms with Crippen LogP contribution in [0.25, 0.3) is 0 Å². The zero-order valence-corrected chi connectivity index (χ0v) is 24.9. The van der Waals surface area contributed by atoms with Crippen molar-refractivity contribution in [3.05, 3.63) is 59.7 Å². The SMILES string of the molecule is CC(C)(C)c1ccc(OC2CCCCC2S(=O)(O)(O)C2CCCCC2Oc2ccc(C(C)(C)C)cc2)cc1. The van der Waals surface area contributed by atoms with Gasteiger partial charge in [0.05, 0.1) is 20.1 Å². The van der Waals surface area contributed by atoms with Crippen LogP contribution >= 0.6 is 0 Å². The molecule has 0 radical (unpaired) electrons. The number of rotatable bonds is 6. The Balaban J connectivity index is 1.56. The lowest BCUT2D eigenvalue weighted by molar-refractivity contribution is 0.124. The minimum absolute atomic E-state index is 0.0325. The molecule has 0 bridgehead atoms. The number of hydrogen-bond donors (Lipinski definition) is 2. The fourth-order valence-electron chi connectivity index (χ4n) is 6.05. The van der Waals surface area contributed by atoms with Crippen molar-refractivity contribution >= 4 is 9.63 Å². The molecular formula is C32H48O5S. The topological polar surface area (TPSA) is 76.0 Å². The largest absolute Gasteiger partial charge is 0.489 e. The maximum Gasteiger partial charge on any atom is 0.119 e. The van der Waals surface area contributed by atoms with E-state index in [1.54, 1.807) is 0 Å². The predicted molar refractivity (Wildman–Crippen MR) is 157 cm³/mol. The van der Waals surface area contributed by atoms with Crippen LogP contribution in [-0.4, -0.2) is 36.0 Å². The molecule has 0 amide bonds. The second-order valence-electron chi connectivity index (χ2n) is 13.5. The summed E-state index contributed by atoms with van der Waals surface area (Å²) >= 11 is 0. The van der Waals surface area contributed by atoms with Crippen molar-refractivity contribution in [2.75, 3.05) is 0 Å². The third kappa shape index (κ3) is 6.46. The van der Waals surface area contributed by atoms with Gasteiger partial charge in [0.1, 0.15) is 23.7 Å². The number of ether oxygens (including phenoxy) is 2. The van der Waals surface area contributed by atoms with Gasteiger partial charge in [0.2, 0.25) is 0 Å². The maximum atomic E-state index is 14.4. The number of hydrogen-bond acceptors (Lipinski definition) is 3. The molecule has 2 aliphatic rings. The fraction of sp³-hybridized carbons (Fsp3) is 0.625. The molecular weight excluding hydrogens is 496 g/mol. The van der Waals surface area contributed by atoms with Crippen molar-refractivity contribution in [2.24, 2.45) is 0 Å². The molecule has 4 unspecified atom stereocenters. The Morgan fingerprint density at radius 2 is 0.921 bits per heavy atom. The van der Waals surface area contributed by atoms with Crippen LogP contribution < -0.4 is 9.47 Å². The molecule has 6 heteroatoms. The molecule has 0 aromatic heterocycles. The summed E-state index contributed by atoms with van der Waals surface area (Å²) in [4.78, 5) is 0. The molecule has 2 N–H and O–H groups in total. The Kier molecular flexibility index (Phi) is 8.11. The van der Waals surface area contributed by atoms with E-state index in [4.69, 9.17) is 9.47 Å². The molecule has 2 saturated carbocycles. The van der Waals surface area contributed by atoms with Gasteiger partial charge in [-0.25, -0.2) is 4.21 Å². The maximum absolute atomic E-state index is 14.4. The molecule has 2 aromatic rings. The van der Waals surface area contributed by atoms with E-state index in [-0.39, 0.29) is 10.8 Å². The van der Waals surface area contributed by atoms with E-state index >= 15 is 0 Å². The standard InChI is InChI=1S/C32H48O5S/c1-31(2,3)23-15-19-25(20-16-23)36-27-11-7-9-13-29(27)38(33,34,35)30-14-10-8-12-28(30)37-26-21-17-24(18-22-26)32(4,5)6/h15-22,27-30H,7-14H2,1-6H3,(H2,33,34,35). The van der Waals surface area contributed by atoms with Gasteiger partial charge in [-0.1, -0.05) is 78.6 Å². The van der Waals surface area contributed by atoms with Gasteiger partial charge < -0.3 is 18.6 Å². The molecule has 0 heterocycles. The van der Waals surface area contributed by atoms with Gasteiger partial charge in [0, 0.05) is 0 Å². The first-order valence-electron chi connectivity index (χ1n) is 14.3.